The monoisotopic (exact) mass is 579 g/mol. The highest BCUT2D eigenvalue weighted by atomic mass is 79.9. The van der Waals surface area contributed by atoms with E-state index >= 15 is 0 Å². The van der Waals surface area contributed by atoms with Gasteiger partial charge in [-0.15, -0.1) is 0 Å². The molecule has 1 aromatic heterocycles. The molecule has 2 atom stereocenters. The Morgan fingerprint density at radius 3 is 2.61 bits per heavy atom. The van der Waals surface area contributed by atoms with E-state index in [1.807, 2.05) is 19.9 Å². The van der Waals surface area contributed by atoms with Crippen LogP contribution in [0.25, 0.3) is 10.9 Å². The summed E-state index contributed by atoms with van der Waals surface area (Å²) in [5.74, 6) is 0.0844. The van der Waals surface area contributed by atoms with Gasteiger partial charge in [-0.1, -0.05) is 29.8 Å². The van der Waals surface area contributed by atoms with Crippen LogP contribution in [0, 0.1) is 0 Å². The van der Waals surface area contributed by atoms with Gasteiger partial charge in [0.15, 0.2) is 17.6 Å². The Bertz CT molecular complexity index is 1290. The Balaban J connectivity index is 2.10. The molecule has 33 heavy (non-hydrogen) atoms. The van der Waals surface area contributed by atoms with Crippen LogP contribution in [0.1, 0.15) is 44.5 Å². The Morgan fingerprint density at radius 2 is 1.97 bits per heavy atom. The van der Waals surface area contributed by atoms with Crippen molar-refractivity contribution in [3.05, 3.63) is 61.0 Å². The minimum atomic E-state index is -1.09. The fraction of sp³-hybridized carbons (Fsp3) is 0.304. The quantitative estimate of drug-likeness (QED) is 0.368. The zero-order valence-electron chi connectivity index (χ0n) is 18.5. The number of aromatic nitrogens is 2. The lowest BCUT2D eigenvalue weighted by Crippen LogP contribution is -2.24. The smallest absolute Gasteiger partial charge is 0.344 e. The van der Waals surface area contributed by atoms with Crippen LogP contribution >= 0.6 is 31.9 Å². The second-order valence-corrected chi connectivity index (χ2v) is 9.20. The molecule has 10 heteroatoms. The van der Waals surface area contributed by atoms with Gasteiger partial charge < -0.3 is 14.6 Å². The maximum Gasteiger partial charge on any atom is 0.344 e. The molecule has 2 aromatic carbocycles. The molecule has 0 amide bonds. The van der Waals surface area contributed by atoms with Crippen LogP contribution in [0.2, 0.25) is 0 Å². The minimum Gasteiger partial charge on any atom is -0.493 e. The molecule has 0 aliphatic carbocycles. The van der Waals surface area contributed by atoms with Crippen LogP contribution in [0.3, 0.4) is 0 Å². The Kier molecular flexibility index (Phi) is 7.91. The molecule has 8 nitrogen and oxygen atoms in total. The largest absolute Gasteiger partial charge is 0.493 e. The summed E-state index contributed by atoms with van der Waals surface area (Å²) in [5, 5.41) is 14.0. The molecule has 0 unspecified atom stereocenters. The standard InChI is InChI=1S/C23H23Br2N3O5/c1-5-12(2)21-27-18-7-6-15(24)9-16(18)22(29)28(21)26-11-14-8-19(32-4)20(10-17(14)25)33-13(3)23(30)31/h6-13H,5H2,1-4H3,(H,30,31)/t12-,13-/m1/s1. The van der Waals surface area contributed by atoms with Crippen LogP contribution in [-0.2, 0) is 4.79 Å². The molecule has 0 aliphatic rings. The fourth-order valence-corrected chi connectivity index (χ4v) is 3.83. The predicted octanol–water partition coefficient (Wildman–Crippen LogP) is 5.18. The second-order valence-electron chi connectivity index (χ2n) is 7.43. The summed E-state index contributed by atoms with van der Waals surface area (Å²) in [6, 6.07) is 8.63. The van der Waals surface area contributed by atoms with E-state index in [4.69, 9.17) is 19.6 Å². The molecule has 3 rings (SSSR count). The molecule has 0 radical (unpaired) electrons. The Hall–Kier alpha value is -2.72. The topological polar surface area (TPSA) is 103 Å². The van der Waals surface area contributed by atoms with E-state index in [1.165, 1.54) is 24.9 Å². The summed E-state index contributed by atoms with van der Waals surface area (Å²) in [5.41, 5.74) is 0.951. The number of carboxylic acid groups (broad SMARTS) is 1. The maximum absolute atomic E-state index is 13.3. The molecular weight excluding hydrogens is 558 g/mol. The fourth-order valence-electron chi connectivity index (χ4n) is 3.04. The summed E-state index contributed by atoms with van der Waals surface area (Å²) in [6.07, 6.45) is 1.26. The number of benzene rings is 2. The molecule has 0 fully saturated rings. The maximum atomic E-state index is 13.3. The number of hydrogen-bond donors (Lipinski definition) is 1. The molecule has 0 saturated heterocycles. The van der Waals surface area contributed by atoms with Crippen molar-refractivity contribution in [2.75, 3.05) is 7.11 Å². The van der Waals surface area contributed by atoms with E-state index < -0.39 is 12.1 Å². The van der Waals surface area contributed by atoms with E-state index in [0.717, 1.165) is 10.9 Å². The molecule has 1 heterocycles. The summed E-state index contributed by atoms with van der Waals surface area (Å²) in [6.45, 7) is 5.45. The van der Waals surface area contributed by atoms with Gasteiger partial charge in [-0.25, -0.2) is 9.78 Å². The van der Waals surface area contributed by atoms with E-state index in [-0.39, 0.29) is 17.2 Å². The van der Waals surface area contributed by atoms with Crippen molar-refractivity contribution >= 4 is 54.9 Å². The number of nitrogens with zero attached hydrogens (tertiary/aromatic N) is 3. The summed E-state index contributed by atoms with van der Waals surface area (Å²) in [4.78, 5) is 29.1. The van der Waals surface area contributed by atoms with Gasteiger partial charge in [0.2, 0.25) is 0 Å². The molecule has 0 saturated carbocycles. The summed E-state index contributed by atoms with van der Waals surface area (Å²) >= 11 is 6.86. The lowest BCUT2D eigenvalue weighted by atomic mass is 10.1. The number of fused-ring (bicyclic) bond motifs is 1. The van der Waals surface area contributed by atoms with E-state index in [2.05, 4.69) is 37.0 Å². The third-order valence-electron chi connectivity index (χ3n) is 5.13. The molecule has 0 bridgehead atoms. The highest BCUT2D eigenvalue weighted by Crippen LogP contribution is 2.33. The lowest BCUT2D eigenvalue weighted by Gasteiger charge is -2.16. The number of ether oxygens (including phenoxy) is 2. The van der Waals surface area contributed by atoms with Crippen molar-refractivity contribution in [1.29, 1.82) is 0 Å². The van der Waals surface area contributed by atoms with E-state index in [0.29, 0.717) is 32.5 Å². The van der Waals surface area contributed by atoms with Crippen LogP contribution in [0.4, 0.5) is 0 Å². The van der Waals surface area contributed by atoms with Crippen molar-refractivity contribution in [2.24, 2.45) is 5.10 Å². The zero-order valence-corrected chi connectivity index (χ0v) is 21.7. The molecule has 3 aromatic rings. The molecule has 1 N–H and O–H groups in total. The third kappa shape index (κ3) is 5.44. The summed E-state index contributed by atoms with van der Waals surface area (Å²) < 4.78 is 13.5. The first-order valence-electron chi connectivity index (χ1n) is 10.2. The SMILES string of the molecule is CC[C@@H](C)c1nc2ccc(Br)cc2c(=O)n1N=Cc1cc(OC)c(O[C@H](C)C(=O)O)cc1Br. The van der Waals surface area contributed by atoms with Crippen LogP contribution in [0.5, 0.6) is 11.5 Å². The highest BCUT2D eigenvalue weighted by Gasteiger charge is 2.18. The normalized spacial score (nSPS) is 13.3. The zero-order chi connectivity index (χ0) is 24.3. The van der Waals surface area contributed by atoms with Gasteiger partial charge in [0.1, 0.15) is 5.82 Å². The van der Waals surface area contributed by atoms with Crippen molar-refractivity contribution < 1.29 is 19.4 Å². The number of methoxy groups -OCH3 is 1. The molecule has 174 valence electrons. The van der Waals surface area contributed by atoms with Crippen molar-refractivity contribution in [2.45, 2.75) is 39.2 Å². The van der Waals surface area contributed by atoms with Gasteiger partial charge in [0.25, 0.3) is 5.56 Å². The number of halogens is 2. The van der Waals surface area contributed by atoms with Gasteiger partial charge in [-0.2, -0.15) is 9.78 Å². The summed E-state index contributed by atoms with van der Waals surface area (Å²) in [7, 11) is 1.46. The number of rotatable bonds is 8. The first-order chi connectivity index (χ1) is 15.7. The van der Waals surface area contributed by atoms with Gasteiger partial charge >= 0.3 is 5.97 Å². The van der Waals surface area contributed by atoms with Crippen molar-refractivity contribution in [3.8, 4) is 11.5 Å². The van der Waals surface area contributed by atoms with E-state index in [1.54, 1.807) is 24.3 Å². The highest BCUT2D eigenvalue weighted by molar-refractivity contribution is 9.10. The predicted molar refractivity (Wildman–Crippen MR) is 134 cm³/mol. The number of carboxylic acids is 1. The first-order valence-corrected chi connectivity index (χ1v) is 11.8. The average Bonchev–Trinajstić information content (AvgIpc) is 2.79. The number of carbonyl (C=O) groups is 1. The molecular formula is C23H23Br2N3O5. The number of aliphatic carboxylic acids is 1. The minimum absolute atomic E-state index is 0.00848. The third-order valence-corrected chi connectivity index (χ3v) is 6.31. The Labute approximate surface area is 207 Å². The second kappa shape index (κ2) is 10.5. The van der Waals surface area contributed by atoms with Gasteiger partial charge in [0.05, 0.1) is 24.2 Å². The van der Waals surface area contributed by atoms with Gasteiger partial charge in [-0.05, 0) is 59.6 Å². The molecule has 0 spiro atoms. The van der Waals surface area contributed by atoms with E-state index in [9.17, 15) is 9.59 Å². The van der Waals surface area contributed by atoms with Crippen molar-refractivity contribution in [3.63, 3.8) is 0 Å². The van der Waals surface area contributed by atoms with Crippen LogP contribution < -0.4 is 15.0 Å². The van der Waals surface area contributed by atoms with Crippen molar-refractivity contribution in [1.82, 2.24) is 9.66 Å². The van der Waals surface area contributed by atoms with Crippen LogP contribution in [-0.4, -0.2) is 40.2 Å². The average molecular weight is 581 g/mol. The first kappa shape index (κ1) is 24.9. The lowest BCUT2D eigenvalue weighted by molar-refractivity contribution is -0.144. The molecule has 0 aliphatic heterocycles. The Morgan fingerprint density at radius 1 is 1.24 bits per heavy atom. The van der Waals surface area contributed by atoms with Crippen LogP contribution in [0.15, 0.2) is 49.2 Å². The number of hydrogen-bond acceptors (Lipinski definition) is 6. The van der Waals surface area contributed by atoms with Gasteiger partial charge in [0, 0.05) is 20.4 Å². The van der Waals surface area contributed by atoms with Gasteiger partial charge in [-0.3, -0.25) is 4.79 Å².